The predicted octanol–water partition coefficient (Wildman–Crippen LogP) is 2.67. The normalized spacial score (nSPS) is 19.1. The Bertz CT molecular complexity index is 657. The van der Waals surface area contributed by atoms with Crippen LogP contribution in [0.5, 0.6) is 0 Å². The van der Waals surface area contributed by atoms with Crippen molar-refractivity contribution in [3.8, 4) is 0 Å². The van der Waals surface area contributed by atoms with Gasteiger partial charge in [-0.05, 0) is 17.9 Å². The van der Waals surface area contributed by atoms with Gasteiger partial charge in [-0.1, -0.05) is 25.4 Å². The fourth-order valence-corrected chi connectivity index (χ4v) is 4.33. The second-order valence-electron chi connectivity index (χ2n) is 5.62. The van der Waals surface area contributed by atoms with E-state index in [0.29, 0.717) is 13.1 Å². The van der Waals surface area contributed by atoms with Crippen LogP contribution >= 0.6 is 11.6 Å². The summed E-state index contributed by atoms with van der Waals surface area (Å²) in [6, 6.07) is 3.45. The van der Waals surface area contributed by atoms with Crippen molar-refractivity contribution in [1.29, 1.82) is 0 Å². The van der Waals surface area contributed by atoms with Crippen molar-refractivity contribution in [2.45, 2.75) is 25.2 Å². The van der Waals surface area contributed by atoms with Crippen LogP contribution < -0.4 is 0 Å². The zero-order valence-corrected chi connectivity index (χ0v) is 12.7. The van der Waals surface area contributed by atoms with Crippen LogP contribution in [0.4, 0.5) is 5.69 Å². The second-order valence-corrected chi connectivity index (χ2v) is 7.94. The first-order valence-corrected chi connectivity index (χ1v) is 7.89. The van der Waals surface area contributed by atoms with E-state index >= 15 is 0 Å². The first-order valence-electron chi connectivity index (χ1n) is 6.08. The first-order chi connectivity index (χ1) is 9.13. The van der Waals surface area contributed by atoms with Crippen LogP contribution in [-0.4, -0.2) is 30.7 Å². The Kier molecular flexibility index (Phi) is 3.79. The lowest BCUT2D eigenvalue weighted by Crippen LogP contribution is -2.30. The monoisotopic (exact) mass is 318 g/mol. The van der Waals surface area contributed by atoms with Gasteiger partial charge in [0.2, 0.25) is 10.0 Å². The summed E-state index contributed by atoms with van der Waals surface area (Å²) in [5, 5.41) is 10.8. The van der Waals surface area contributed by atoms with E-state index in [1.54, 1.807) is 0 Å². The van der Waals surface area contributed by atoms with Gasteiger partial charge in [-0.3, -0.25) is 10.1 Å². The molecular formula is C12H15ClN2O4S. The van der Waals surface area contributed by atoms with Crippen LogP contribution in [0.15, 0.2) is 23.1 Å². The lowest BCUT2D eigenvalue weighted by atomic mass is 9.93. The third-order valence-electron chi connectivity index (χ3n) is 3.39. The summed E-state index contributed by atoms with van der Waals surface area (Å²) >= 11 is 5.91. The van der Waals surface area contributed by atoms with Crippen LogP contribution in [0.1, 0.15) is 20.3 Å². The average Bonchev–Trinajstić information content (AvgIpc) is 2.70. The Morgan fingerprint density at radius 2 is 2.05 bits per heavy atom. The van der Waals surface area contributed by atoms with Crippen LogP contribution in [0, 0.1) is 15.5 Å². The molecular weight excluding hydrogens is 304 g/mol. The highest BCUT2D eigenvalue weighted by molar-refractivity contribution is 7.89. The van der Waals surface area contributed by atoms with Gasteiger partial charge in [-0.15, -0.1) is 0 Å². The molecule has 2 rings (SSSR count). The minimum atomic E-state index is -3.80. The molecule has 0 radical (unpaired) electrons. The zero-order valence-electron chi connectivity index (χ0n) is 11.2. The van der Waals surface area contributed by atoms with Crippen LogP contribution in [-0.2, 0) is 10.0 Å². The van der Waals surface area contributed by atoms with E-state index in [1.807, 2.05) is 13.8 Å². The predicted molar refractivity (Wildman–Crippen MR) is 75.3 cm³/mol. The van der Waals surface area contributed by atoms with E-state index < -0.39 is 14.9 Å². The summed E-state index contributed by atoms with van der Waals surface area (Å²) in [6.45, 7) is 4.75. The molecule has 0 unspecified atom stereocenters. The fourth-order valence-electron chi connectivity index (χ4n) is 2.21. The molecule has 0 aliphatic carbocycles. The van der Waals surface area contributed by atoms with Crippen LogP contribution in [0.25, 0.3) is 0 Å². The molecule has 0 atom stereocenters. The third-order valence-corrected chi connectivity index (χ3v) is 5.71. The number of nitro groups is 1. The number of nitro benzene ring substituents is 1. The van der Waals surface area contributed by atoms with Crippen molar-refractivity contribution in [2.24, 2.45) is 5.41 Å². The molecule has 110 valence electrons. The van der Waals surface area contributed by atoms with Crippen molar-refractivity contribution < 1.29 is 13.3 Å². The largest absolute Gasteiger partial charge is 0.270 e. The van der Waals surface area contributed by atoms with E-state index in [1.165, 1.54) is 16.4 Å². The molecule has 6 nitrogen and oxygen atoms in total. The van der Waals surface area contributed by atoms with Crippen molar-refractivity contribution in [3.63, 3.8) is 0 Å². The molecule has 1 aliphatic rings. The molecule has 1 saturated heterocycles. The smallest absolute Gasteiger partial charge is 0.258 e. The molecule has 0 saturated carbocycles. The number of sulfonamides is 1. The third kappa shape index (κ3) is 2.79. The molecule has 1 fully saturated rings. The number of non-ortho nitro benzene ring substituents is 1. The standard InChI is InChI=1S/C12H15ClN2O4S/c1-12(2)5-6-14(8-12)20(18,19)11-7-9(15(16)17)3-4-10(11)13/h3-4,7H,5-6,8H2,1-2H3. The molecule has 1 aromatic rings. The van der Waals surface area contributed by atoms with Gasteiger partial charge in [-0.25, -0.2) is 8.42 Å². The summed E-state index contributed by atoms with van der Waals surface area (Å²) in [7, 11) is -3.80. The molecule has 0 amide bonds. The van der Waals surface area contributed by atoms with Gasteiger partial charge in [0, 0.05) is 25.2 Å². The van der Waals surface area contributed by atoms with Crippen molar-refractivity contribution in [2.75, 3.05) is 13.1 Å². The lowest BCUT2D eigenvalue weighted by molar-refractivity contribution is -0.385. The molecule has 0 aromatic heterocycles. The summed E-state index contributed by atoms with van der Waals surface area (Å²) in [5.74, 6) is 0. The lowest BCUT2D eigenvalue weighted by Gasteiger charge is -2.20. The summed E-state index contributed by atoms with van der Waals surface area (Å²) in [4.78, 5) is 9.93. The molecule has 1 aliphatic heterocycles. The fraction of sp³-hybridized carbons (Fsp3) is 0.500. The highest BCUT2D eigenvalue weighted by Crippen LogP contribution is 2.35. The minimum absolute atomic E-state index is 0.000283. The Morgan fingerprint density at radius 1 is 1.40 bits per heavy atom. The van der Waals surface area contributed by atoms with Crippen molar-refractivity contribution in [1.82, 2.24) is 4.31 Å². The molecule has 0 bridgehead atoms. The van der Waals surface area contributed by atoms with E-state index in [2.05, 4.69) is 0 Å². The molecule has 20 heavy (non-hydrogen) atoms. The average molecular weight is 319 g/mol. The Balaban J connectivity index is 2.45. The zero-order chi connectivity index (χ0) is 15.1. The van der Waals surface area contributed by atoms with Gasteiger partial charge in [0.15, 0.2) is 0 Å². The number of halogens is 1. The number of rotatable bonds is 3. The molecule has 1 aromatic carbocycles. The second kappa shape index (κ2) is 4.98. The van der Waals surface area contributed by atoms with E-state index in [9.17, 15) is 18.5 Å². The number of benzene rings is 1. The van der Waals surface area contributed by atoms with Gasteiger partial charge in [0.05, 0.1) is 9.95 Å². The number of nitrogens with zero attached hydrogens (tertiary/aromatic N) is 2. The van der Waals surface area contributed by atoms with Gasteiger partial charge in [-0.2, -0.15) is 4.31 Å². The quantitative estimate of drug-likeness (QED) is 0.634. The van der Waals surface area contributed by atoms with Crippen LogP contribution in [0.3, 0.4) is 0 Å². The summed E-state index contributed by atoms with van der Waals surface area (Å²) < 4.78 is 26.4. The Labute approximate surface area is 122 Å². The molecule has 8 heteroatoms. The highest BCUT2D eigenvalue weighted by Gasteiger charge is 2.38. The molecule has 1 heterocycles. The van der Waals surface area contributed by atoms with Gasteiger partial charge >= 0.3 is 0 Å². The van der Waals surface area contributed by atoms with Gasteiger partial charge < -0.3 is 0 Å². The molecule has 0 spiro atoms. The van der Waals surface area contributed by atoms with Gasteiger partial charge in [0.25, 0.3) is 5.69 Å². The Morgan fingerprint density at radius 3 is 2.55 bits per heavy atom. The number of hydrogen-bond acceptors (Lipinski definition) is 4. The minimum Gasteiger partial charge on any atom is -0.258 e. The topological polar surface area (TPSA) is 80.5 Å². The summed E-state index contributed by atoms with van der Waals surface area (Å²) in [5.41, 5.74) is -0.383. The SMILES string of the molecule is CC1(C)CCN(S(=O)(=O)c2cc([N+](=O)[O-])ccc2Cl)C1. The van der Waals surface area contributed by atoms with Crippen molar-refractivity contribution in [3.05, 3.63) is 33.3 Å². The maximum absolute atomic E-state index is 12.5. The summed E-state index contributed by atoms with van der Waals surface area (Å²) in [6.07, 6.45) is 0.749. The molecule has 0 N–H and O–H groups in total. The maximum Gasteiger partial charge on any atom is 0.270 e. The van der Waals surface area contributed by atoms with E-state index in [4.69, 9.17) is 11.6 Å². The van der Waals surface area contributed by atoms with Gasteiger partial charge in [0.1, 0.15) is 4.90 Å². The number of hydrogen-bond donors (Lipinski definition) is 0. The van der Waals surface area contributed by atoms with E-state index in [-0.39, 0.29) is 21.0 Å². The highest BCUT2D eigenvalue weighted by atomic mass is 35.5. The van der Waals surface area contributed by atoms with Crippen molar-refractivity contribution >= 4 is 27.3 Å². The first kappa shape index (κ1) is 15.2. The van der Waals surface area contributed by atoms with Crippen LogP contribution in [0.2, 0.25) is 5.02 Å². The Hall–Kier alpha value is -1.18. The maximum atomic E-state index is 12.5. The van der Waals surface area contributed by atoms with E-state index in [0.717, 1.165) is 12.5 Å².